The van der Waals surface area contributed by atoms with Crippen LogP contribution in [0.4, 0.5) is 5.69 Å². The summed E-state index contributed by atoms with van der Waals surface area (Å²) in [5.41, 5.74) is 5.86. The largest absolute Gasteiger partial charge is 0.496 e. The Bertz CT molecular complexity index is 508. The van der Waals surface area contributed by atoms with Gasteiger partial charge in [-0.3, -0.25) is 4.79 Å². The number of hydrogen-bond donors (Lipinski definition) is 3. The fourth-order valence-corrected chi connectivity index (χ4v) is 2.71. The molecule has 5 nitrogen and oxygen atoms in total. The highest BCUT2D eigenvalue weighted by Gasteiger charge is 2.32. The zero-order chi connectivity index (χ0) is 15.5. The van der Waals surface area contributed by atoms with Gasteiger partial charge in [0, 0.05) is 18.3 Å². The maximum absolute atomic E-state index is 12.2. The molecule has 5 heteroatoms. The summed E-state index contributed by atoms with van der Waals surface area (Å²) >= 11 is 0. The predicted octanol–water partition coefficient (Wildman–Crippen LogP) is 1.95. The summed E-state index contributed by atoms with van der Waals surface area (Å²) in [6.07, 6.45) is 3.45. The van der Waals surface area contributed by atoms with Crippen LogP contribution in [0.5, 0.6) is 5.75 Å². The molecule has 0 saturated heterocycles. The van der Waals surface area contributed by atoms with Crippen LogP contribution < -0.4 is 15.8 Å². The van der Waals surface area contributed by atoms with Crippen molar-refractivity contribution in [1.29, 1.82) is 0 Å². The Morgan fingerprint density at radius 2 is 2.14 bits per heavy atom. The van der Waals surface area contributed by atoms with Gasteiger partial charge in [-0.25, -0.2) is 0 Å². The van der Waals surface area contributed by atoms with E-state index in [1.54, 1.807) is 18.2 Å². The topological polar surface area (TPSA) is 84.6 Å². The summed E-state index contributed by atoms with van der Waals surface area (Å²) in [7, 11) is 1.50. The lowest BCUT2D eigenvalue weighted by Gasteiger charge is -2.35. The van der Waals surface area contributed by atoms with Crippen LogP contribution >= 0.6 is 0 Å². The van der Waals surface area contributed by atoms with Gasteiger partial charge in [-0.15, -0.1) is 0 Å². The van der Waals surface area contributed by atoms with E-state index in [9.17, 15) is 9.90 Å². The quantitative estimate of drug-likeness (QED) is 0.741. The zero-order valence-electron chi connectivity index (χ0n) is 12.7. The fraction of sp³-hybridized carbons (Fsp3) is 0.562. The van der Waals surface area contributed by atoms with Crippen molar-refractivity contribution in [2.75, 3.05) is 19.4 Å². The van der Waals surface area contributed by atoms with E-state index in [1.807, 2.05) is 0 Å². The first-order chi connectivity index (χ1) is 9.93. The van der Waals surface area contributed by atoms with Gasteiger partial charge >= 0.3 is 0 Å². The minimum absolute atomic E-state index is 0.251. The van der Waals surface area contributed by atoms with Crippen LogP contribution in [-0.4, -0.2) is 30.3 Å². The van der Waals surface area contributed by atoms with Crippen LogP contribution in [-0.2, 0) is 0 Å². The van der Waals surface area contributed by atoms with Gasteiger partial charge in [-0.05, 0) is 43.7 Å². The number of aliphatic hydroxyl groups is 1. The highest BCUT2D eigenvalue weighted by molar-refractivity contribution is 5.97. The molecule has 1 fully saturated rings. The average molecular weight is 292 g/mol. The molecule has 4 N–H and O–H groups in total. The van der Waals surface area contributed by atoms with E-state index in [0.717, 1.165) is 25.7 Å². The molecule has 0 heterocycles. The van der Waals surface area contributed by atoms with Gasteiger partial charge in [0.05, 0.1) is 18.3 Å². The third kappa shape index (κ3) is 3.88. The van der Waals surface area contributed by atoms with Gasteiger partial charge in [0.25, 0.3) is 5.91 Å². The molecule has 1 aliphatic rings. The number of carbonyl (C=O) groups is 1. The number of methoxy groups -OCH3 is 1. The van der Waals surface area contributed by atoms with E-state index in [0.29, 0.717) is 22.9 Å². The van der Waals surface area contributed by atoms with Gasteiger partial charge in [0.2, 0.25) is 0 Å². The average Bonchev–Trinajstić information content (AvgIpc) is 2.48. The minimum atomic E-state index is -0.788. The second kappa shape index (κ2) is 6.35. The van der Waals surface area contributed by atoms with E-state index in [-0.39, 0.29) is 12.5 Å². The monoisotopic (exact) mass is 292 g/mol. The Morgan fingerprint density at radius 1 is 1.48 bits per heavy atom. The van der Waals surface area contributed by atoms with Crippen molar-refractivity contribution in [2.24, 2.45) is 5.92 Å². The van der Waals surface area contributed by atoms with Crippen molar-refractivity contribution in [3.63, 3.8) is 0 Å². The number of nitrogens with two attached hydrogens (primary N) is 1. The molecule has 21 heavy (non-hydrogen) atoms. The number of benzene rings is 1. The molecule has 0 spiro atoms. The molecule has 1 aromatic rings. The van der Waals surface area contributed by atoms with Gasteiger partial charge in [-0.2, -0.15) is 0 Å². The Hall–Kier alpha value is -1.75. The number of ether oxygens (including phenoxy) is 1. The molecule has 1 aromatic carbocycles. The summed E-state index contributed by atoms with van der Waals surface area (Å²) in [5, 5.41) is 13.3. The first kappa shape index (κ1) is 15.6. The molecule has 0 aromatic heterocycles. The molecule has 0 atom stereocenters. The number of amides is 1. The normalized spacial score (nSPS) is 25.4. The SMILES string of the molecule is COc1cc(N)ccc1C(=O)NCC1(O)CCC(C)CC1. The number of rotatable bonds is 4. The van der Waals surface area contributed by atoms with Crippen LogP contribution in [0.2, 0.25) is 0 Å². The Kier molecular flexibility index (Phi) is 4.73. The van der Waals surface area contributed by atoms with Crippen molar-refractivity contribution in [2.45, 2.75) is 38.2 Å². The smallest absolute Gasteiger partial charge is 0.255 e. The lowest BCUT2D eigenvalue weighted by molar-refractivity contribution is -0.00542. The molecule has 0 aliphatic heterocycles. The molecule has 0 bridgehead atoms. The summed E-state index contributed by atoms with van der Waals surface area (Å²) in [6, 6.07) is 4.91. The highest BCUT2D eigenvalue weighted by atomic mass is 16.5. The van der Waals surface area contributed by atoms with Crippen molar-refractivity contribution < 1.29 is 14.6 Å². The Labute approximate surface area is 125 Å². The van der Waals surface area contributed by atoms with Crippen molar-refractivity contribution in [3.8, 4) is 5.75 Å². The second-order valence-corrected chi connectivity index (χ2v) is 6.05. The first-order valence-electron chi connectivity index (χ1n) is 7.37. The maximum atomic E-state index is 12.2. The van der Waals surface area contributed by atoms with Crippen molar-refractivity contribution in [1.82, 2.24) is 5.32 Å². The molecule has 1 amide bonds. The van der Waals surface area contributed by atoms with Crippen LogP contribution in [0.1, 0.15) is 43.0 Å². The molecule has 0 radical (unpaired) electrons. The second-order valence-electron chi connectivity index (χ2n) is 6.05. The molecule has 116 valence electrons. The van der Waals surface area contributed by atoms with Crippen LogP contribution in [0.3, 0.4) is 0 Å². The van der Waals surface area contributed by atoms with E-state index < -0.39 is 5.60 Å². The third-order valence-corrected chi connectivity index (χ3v) is 4.25. The van der Waals surface area contributed by atoms with E-state index in [1.165, 1.54) is 7.11 Å². The van der Waals surface area contributed by atoms with E-state index in [2.05, 4.69) is 12.2 Å². The fourth-order valence-electron chi connectivity index (χ4n) is 2.71. The number of nitrogens with one attached hydrogen (secondary N) is 1. The van der Waals surface area contributed by atoms with Gasteiger partial charge < -0.3 is 20.9 Å². The molecule has 0 unspecified atom stereocenters. The minimum Gasteiger partial charge on any atom is -0.496 e. The molecular weight excluding hydrogens is 268 g/mol. The van der Waals surface area contributed by atoms with Gasteiger partial charge in [0.15, 0.2) is 0 Å². The molecule has 1 aliphatic carbocycles. The lowest BCUT2D eigenvalue weighted by Crippen LogP contribution is -2.45. The maximum Gasteiger partial charge on any atom is 0.255 e. The van der Waals surface area contributed by atoms with E-state index in [4.69, 9.17) is 10.5 Å². The van der Waals surface area contributed by atoms with Crippen molar-refractivity contribution >= 4 is 11.6 Å². The summed E-state index contributed by atoms with van der Waals surface area (Å²) < 4.78 is 5.17. The number of nitrogen functional groups attached to an aromatic ring is 1. The number of hydrogen-bond acceptors (Lipinski definition) is 4. The molecule has 1 saturated carbocycles. The van der Waals surface area contributed by atoms with Crippen LogP contribution in [0.15, 0.2) is 18.2 Å². The van der Waals surface area contributed by atoms with Gasteiger partial charge in [0.1, 0.15) is 5.75 Å². The van der Waals surface area contributed by atoms with Crippen molar-refractivity contribution in [3.05, 3.63) is 23.8 Å². The van der Waals surface area contributed by atoms with Crippen LogP contribution in [0.25, 0.3) is 0 Å². The summed E-state index contributed by atoms with van der Waals surface area (Å²) in [6.45, 7) is 2.46. The van der Waals surface area contributed by atoms with Crippen LogP contribution in [0, 0.1) is 5.92 Å². The molecule has 2 rings (SSSR count). The standard InChI is InChI=1S/C16H24N2O3/c1-11-5-7-16(20,8-6-11)10-18-15(19)13-4-3-12(17)9-14(13)21-2/h3-4,9,11,20H,5-8,10,17H2,1-2H3,(H,18,19). The van der Waals surface area contributed by atoms with Gasteiger partial charge in [-0.1, -0.05) is 6.92 Å². The first-order valence-corrected chi connectivity index (χ1v) is 7.37. The zero-order valence-corrected chi connectivity index (χ0v) is 12.7. The predicted molar refractivity (Wildman–Crippen MR) is 82.3 cm³/mol. The third-order valence-electron chi connectivity index (χ3n) is 4.25. The summed E-state index contributed by atoms with van der Waals surface area (Å²) in [4.78, 5) is 12.2. The number of anilines is 1. The Balaban J connectivity index is 1.99. The highest BCUT2D eigenvalue weighted by Crippen LogP contribution is 2.31. The summed E-state index contributed by atoms with van der Waals surface area (Å²) in [5.74, 6) is 0.842. The molecular formula is C16H24N2O3. The lowest BCUT2D eigenvalue weighted by atomic mass is 9.79. The number of carbonyl (C=O) groups excluding carboxylic acids is 1. The van der Waals surface area contributed by atoms with E-state index >= 15 is 0 Å². The Morgan fingerprint density at radius 3 is 2.76 bits per heavy atom.